The number of aliphatic hydroxyl groups is 1. The molecule has 0 aromatic heterocycles. The van der Waals surface area contributed by atoms with Crippen LogP contribution in [0.5, 0.6) is 0 Å². The lowest BCUT2D eigenvalue weighted by molar-refractivity contribution is -0.143. The maximum Gasteiger partial charge on any atom is 0.272 e. The summed E-state index contributed by atoms with van der Waals surface area (Å²) in [6.45, 7) is 2.74. The van der Waals surface area contributed by atoms with Crippen molar-refractivity contribution in [2.24, 2.45) is 15.9 Å². The van der Waals surface area contributed by atoms with E-state index >= 15 is 0 Å². The van der Waals surface area contributed by atoms with Crippen LogP contribution in [0.1, 0.15) is 31.4 Å². The van der Waals surface area contributed by atoms with Crippen molar-refractivity contribution in [1.29, 1.82) is 0 Å². The first kappa shape index (κ1) is 25.1. The Kier molecular flexibility index (Phi) is 7.84. The number of guanidine groups is 1. The quantitative estimate of drug-likeness (QED) is 0.202. The molecule has 0 saturated carbocycles. The van der Waals surface area contributed by atoms with Crippen LogP contribution in [0.3, 0.4) is 0 Å². The van der Waals surface area contributed by atoms with E-state index in [1.165, 1.54) is 13.8 Å². The molecule has 3 rings (SSSR count). The zero-order valence-corrected chi connectivity index (χ0v) is 19.3. The molecular weight excluding hydrogens is 466 g/mol. The fourth-order valence-electron chi connectivity index (χ4n) is 3.33. The largest absolute Gasteiger partial charge is 0.383 e. The Morgan fingerprint density at radius 2 is 1.97 bits per heavy atom. The highest BCUT2D eigenvalue weighted by molar-refractivity contribution is 8.15. The van der Waals surface area contributed by atoms with E-state index in [4.69, 9.17) is 5.73 Å². The van der Waals surface area contributed by atoms with E-state index in [1.807, 2.05) is 0 Å². The number of aliphatic hydroxyl groups excluding tert-OH is 1. The Balaban J connectivity index is 2.01. The lowest BCUT2D eigenvalue weighted by Crippen LogP contribution is -2.46. The van der Waals surface area contributed by atoms with Crippen LogP contribution in [-0.2, 0) is 14.5 Å². The summed E-state index contributed by atoms with van der Waals surface area (Å²) in [6, 6.07) is 11.8. The third-order valence-electron chi connectivity index (χ3n) is 4.83. The highest BCUT2D eigenvalue weighted by atomic mass is 32.2. The van der Waals surface area contributed by atoms with Gasteiger partial charge in [0.25, 0.3) is 5.91 Å². The second-order valence-electron chi connectivity index (χ2n) is 7.44. The molecule has 2 aromatic carbocycles. The third kappa shape index (κ3) is 5.51. The number of rotatable bonds is 7. The molecule has 0 bridgehead atoms. The summed E-state index contributed by atoms with van der Waals surface area (Å²) in [5.74, 6) is -2.61. The predicted octanol–water partition coefficient (Wildman–Crippen LogP) is 1.78. The molecule has 12 heteroatoms. The van der Waals surface area contributed by atoms with E-state index in [9.17, 15) is 23.5 Å². The fraction of sp³-hybridized carbons (Fsp3) is 0.273. The van der Waals surface area contributed by atoms with Crippen molar-refractivity contribution < 1.29 is 23.5 Å². The van der Waals surface area contributed by atoms with Crippen LogP contribution in [0, 0.1) is 11.6 Å². The first-order chi connectivity index (χ1) is 16.1. The van der Waals surface area contributed by atoms with Gasteiger partial charge in [0, 0.05) is 25.5 Å². The number of halogens is 2. The minimum absolute atomic E-state index is 0.0797. The summed E-state index contributed by atoms with van der Waals surface area (Å²) in [6.07, 6.45) is -1.22. The van der Waals surface area contributed by atoms with Crippen molar-refractivity contribution in [1.82, 2.24) is 15.8 Å². The highest BCUT2D eigenvalue weighted by Crippen LogP contribution is 2.50. The van der Waals surface area contributed by atoms with Gasteiger partial charge in [0.2, 0.25) is 11.9 Å². The molecule has 0 saturated heterocycles. The third-order valence-corrected chi connectivity index (χ3v) is 6.27. The molecule has 2 aromatic rings. The molecule has 1 heterocycles. The monoisotopic (exact) mass is 490 g/mol. The Hall–Kier alpha value is -3.51. The minimum atomic E-state index is -1.40. The summed E-state index contributed by atoms with van der Waals surface area (Å²) in [5, 5.41) is 21.7. The molecule has 2 unspecified atom stereocenters. The van der Waals surface area contributed by atoms with Crippen molar-refractivity contribution in [3.63, 3.8) is 0 Å². The molecule has 0 radical (unpaired) electrons. The normalized spacial score (nSPS) is 18.9. The molecule has 0 aliphatic carbocycles. The lowest BCUT2D eigenvalue weighted by Gasteiger charge is -2.36. The SMILES string of the molecule is CC(=O)NC(N)=NNCCC1(c2ccccc2)SC(c2cc(F)ccc2F)=NN1C(=O)C(C)O. The molecule has 9 nitrogen and oxygen atoms in total. The summed E-state index contributed by atoms with van der Waals surface area (Å²) in [4.78, 5) is 22.9. The Bertz CT molecular complexity index is 1130. The molecule has 0 spiro atoms. The number of benzene rings is 2. The maximum absolute atomic E-state index is 14.6. The van der Waals surface area contributed by atoms with Crippen LogP contribution < -0.4 is 16.5 Å². The van der Waals surface area contributed by atoms with Crippen LogP contribution in [0.25, 0.3) is 0 Å². The van der Waals surface area contributed by atoms with Crippen LogP contribution in [0.4, 0.5) is 8.78 Å². The number of thioether (sulfide) groups is 1. The summed E-state index contributed by atoms with van der Waals surface area (Å²) in [7, 11) is 0. The van der Waals surface area contributed by atoms with Gasteiger partial charge in [0.15, 0.2) is 0 Å². The molecule has 5 N–H and O–H groups in total. The number of nitrogens with two attached hydrogens (primary N) is 1. The second kappa shape index (κ2) is 10.6. The average Bonchev–Trinajstić information content (AvgIpc) is 3.18. The summed E-state index contributed by atoms with van der Waals surface area (Å²) in [5.41, 5.74) is 8.87. The number of hydrogen-bond acceptors (Lipinski definition) is 7. The van der Waals surface area contributed by atoms with Crippen molar-refractivity contribution in [2.75, 3.05) is 6.54 Å². The Labute approximate surface area is 199 Å². The first-order valence-corrected chi connectivity index (χ1v) is 11.1. The molecule has 1 aliphatic heterocycles. The van der Waals surface area contributed by atoms with E-state index < -0.39 is 28.5 Å². The first-order valence-electron chi connectivity index (χ1n) is 10.3. The van der Waals surface area contributed by atoms with Gasteiger partial charge in [-0.1, -0.05) is 42.1 Å². The fourth-order valence-corrected chi connectivity index (χ4v) is 4.71. The van der Waals surface area contributed by atoms with Gasteiger partial charge in [-0.25, -0.2) is 13.8 Å². The number of hydrogen-bond donors (Lipinski definition) is 4. The Morgan fingerprint density at radius 1 is 1.26 bits per heavy atom. The number of carbonyl (C=O) groups is 2. The molecule has 2 atom stereocenters. The van der Waals surface area contributed by atoms with E-state index in [0.717, 1.165) is 35.0 Å². The Morgan fingerprint density at radius 3 is 2.62 bits per heavy atom. The van der Waals surface area contributed by atoms with Gasteiger partial charge in [0.1, 0.15) is 27.7 Å². The van der Waals surface area contributed by atoms with Gasteiger partial charge in [-0.3, -0.25) is 14.9 Å². The molecule has 2 amide bonds. The predicted molar refractivity (Wildman–Crippen MR) is 125 cm³/mol. The number of amides is 2. The van der Waals surface area contributed by atoms with E-state index in [0.29, 0.717) is 5.56 Å². The van der Waals surface area contributed by atoms with Crippen LogP contribution >= 0.6 is 11.8 Å². The van der Waals surface area contributed by atoms with Gasteiger partial charge in [-0.05, 0) is 30.7 Å². The van der Waals surface area contributed by atoms with Crippen LogP contribution in [0.2, 0.25) is 0 Å². The number of nitrogens with one attached hydrogen (secondary N) is 2. The number of nitrogens with zero attached hydrogens (tertiary/aromatic N) is 3. The van der Waals surface area contributed by atoms with Gasteiger partial charge in [-0.15, -0.1) is 5.10 Å². The van der Waals surface area contributed by atoms with Crippen LogP contribution in [0.15, 0.2) is 58.7 Å². The van der Waals surface area contributed by atoms with E-state index in [-0.39, 0.29) is 35.4 Å². The van der Waals surface area contributed by atoms with Crippen LogP contribution in [-0.4, -0.2) is 45.6 Å². The smallest absolute Gasteiger partial charge is 0.272 e. The topological polar surface area (TPSA) is 132 Å². The van der Waals surface area contributed by atoms with Crippen molar-refractivity contribution in [3.8, 4) is 0 Å². The molecule has 1 aliphatic rings. The average molecular weight is 491 g/mol. The molecule has 180 valence electrons. The van der Waals surface area contributed by atoms with Crippen molar-refractivity contribution in [3.05, 3.63) is 71.3 Å². The minimum Gasteiger partial charge on any atom is -0.383 e. The molecule has 34 heavy (non-hydrogen) atoms. The van der Waals surface area contributed by atoms with Crippen molar-refractivity contribution >= 4 is 34.6 Å². The standard InChI is InChI=1S/C22H24F2N6O3S/c1-13(31)20(33)30-22(15-6-4-3-5-7-15,10-11-26-28-21(25)27-14(2)32)34-19(29-30)17-12-16(23)8-9-18(17)24/h3-9,12-13,26,31H,10-11H2,1-2H3,(H3,25,27,28,32). The zero-order valence-electron chi connectivity index (χ0n) is 18.5. The van der Waals surface area contributed by atoms with Gasteiger partial charge >= 0.3 is 0 Å². The van der Waals surface area contributed by atoms with E-state index in [2.05, 4.69) is 20.9 Å². The van der Waals surface area contributed by atoms with Crippen molar-refractivity contribution in [2.45, 2.75) is 31.2 Å². The van der Waals surface area contributed by atoms with Gasteiger partial charge in [0.05, 0.1) is 0 Å². The molecular formula is C22H24F2N6O3S. The molecule has 0 fully saturated rings. The summed E-state index contributed by atoms with van der Waals surface area (Å²) < 4.78 is 28.5. The number of carbonyl (C=O) groups excluding carboxylic acids is 2. The second-order valence-corrected chi connectivity index (χ2v) is 8.71. The van der Waals surface area contributed by atoms with Gasteiger partial charge in [-0.2, -0.15) is 5.10 Å². The highest BCUT2D eigenvalue weighted by Gasteiger charge is 2.49. The summed E-state index contributed by atoms with van der Waals surface area (Å²) >= 11 is 1.06. The van der Waals surface area contributed by atoms with Gasteiger partial charge < -0.3 is 16.3 Å². The zero-order chi connectivity index (χ0) is 24.9. The van der Waals surface area contributed by atoms with E-state index in [1.54, 1.807) is 30.3 Å². The maximum atomic E-state index is 14.6. The number of hydrazone groups is 2. The lowest BCUT2D eigenvalue weighted by atomic mass is 10.0.